The van der Waals surface area contributed by atoms with Crippen molar-refractivity contribution in [2.24, 2.45) is 0 Å². The normalized spacial score (nSPS) is 12.9. The average Bonchev–Trinajstić information content (AvgIpc) is 2.60. The van der Waals surface area contributed by atoms with E-state index >= 15 is 0 Å². The lowest BCUT2D eigenvalue weighted by Crippen LogP contribution is -2.32. The standard InChI is InChI=1S/C18H20N2O3S/c1-13(24(2)23)12-19-17(21)14-8-10-15(11-9-14)18(22)20-16-6-4-3-5-7-16/h3-11,13H,12H2,1-2H3,(H,19,21)(H,20,22). The van der Waals surface area contributed by atoms with Crippen molar-refractivity contribution in [2.75, 3.05) is 18.1 Å². The number of carbonyl (C=O) groups excluding carboxylic acids is 2. The molecule has 6 heteroatoms. The number of anilines is 1. The molecule has 2 atom stereocenters. The molecule has 0 saturated carbocycles. The SMILES string of the molecule is CC(CNC(=O)c1ccc(C(=O)Nc2ccccc2)cc1)S(C)=O. The minimum atomic E-state index is -0.980. The first kappa shape index (κ1) is 17.9. The minimum absolute atomic E-state index is 0.107. The zero-order valence-electron chi connectivity index (χ0n) is 13.6. The van der Waals surface area contributed by atoms with Gasteiger partial charge in [0.25, 0.3) is 11.8 Å². The van der Waals surface area contributed by atoms with E-state index < -0.39 is 10.8 Å². The molecular weight excluding hydrogens is 324 g/mol. The first-order chi connectivity index (χ1) is 11.5. The van der Waals surface area contributed by atoms with E-state index in [-0.39, 0.29) is 17.1 Å². The number of nitrogens with one attached hydrogen (secondary N) is 2. The van der Waals surface area contributed by atoms with Crippen molar-refractivity contribution in [1.29, 1.82) is 0 Å². The Morgan fingerprint density at radius 3 is 2.04 bits per heavy atom. The maximum absolute atomic E-state index is 12.1. The Hall–Kier alpha value is -2.47. The lowest BCUT2D eigenvalue weighted by atomic mass is 10.1. The van der Waals surface area contributed by atoms with E-state index in [2.05, 4.69) is 10.6 Å². The van der Waals surface area contributed by atoms with Gasteiger partial charge in [-0.25, -0.2) is 0 Å². The molecule has 24 heavy (non-hydrogen) atoms. The molecule has 0 aliphatic carbocycles. The molecule has 0 heterocycles. The van der Waals surface area contributed by atoms with Crippen molar-refractivity contribution in [3.05, 3.63) is 65.7 Å². The minimum Gasteiger partial charge on any atom is -0.351 e. The highest BCUT2D eigenvalue weighted by Gasteiger charge is 2.11. The first-order valence-electron chi connectivity index (χ1n) is 7.54. The average molecular weight is 344 g/mol. The molecule has 0 aliphatic heterocycles. The molecule has 2 aromatic rings. The van der Waals surface area contributed by atoms with Crippen LogP contribution < -0.4 is 10.6 Å². The van der Waals surface area contributed by atoms with E-state index in [1.165, 1.54) is 0 Å². The summed E-state index contributed by atoms with van der Waals surface area (Å²) in [4.78, 5) is 24.2. The molecular formula is C18H20N2O3S. The van der Waals surface area contributed by atoms with Crippen LogP contribution in [-0.4, -0.2) is 34.1 Å². The second-order valence-electron chi connectivity index (χ2n) is 5.42. The molecule has 2 N–H and O–H groups in total. The molecule has 2 rings (SSSR count). The van der Waals surface area contributed by atoms with E-state index in [1.54, 1.807) is 42.7 Å². The Bertz CT molecular complexity index is 730. The molecule has 2 amide bonds. The summed E-state index contributed by atoms with van der Waals surface area (Å²) in [5, 5.41) is 5.42. The lowest BCUT2D eigenvalue weighted by molar-refractivity contribution is 0.0952. The molecule has 0 aromatic heterocycles. The Balaban J connectivity index is 1.96. The summed E-state index contributed by atoms with van der Waals surface area (Å²) < 4.78 is 11.3. The van der Waals surface area contributed by atoms with Gasteiger partial charge in [-0.15, -0.1) is 0 Å². The van der Waals surface area contributed by atoms with Gasteiger partial charge in [-0.3, -0.25) is 13.8 Å². The maximum Gasteiger partial charge on any atom is 0.255 e. The van der Waals surface area contributed by atoms with Crippen LogP contribution in [0.3, 0.4) is 0 Å². The van der Waals surface area contributed by atoms with Crippen LogP contribution in [0.5, 0.6) is 0 Å². The number of rotatable bonds is 6. The zero-order chi connectivity index (χ0) is 17.5. The highest BCUT2D eigenvalue weighted by molar-refractivity contribution is 7.84. The fraction of sp³-hybridized carbons (Fsp3) is 0.222. The molecule has 126 valence electrons. The van der Waals surface area contributed by atoms with Crippen molar-refractivity contribution in [3.8, 4) is 0 Å². The molecule has 0 saturated heterocycles. The van der Waals surface area contributed by atoms with Crippen LogP contribution in [0.2, 0.25) is 0 Å². The van der Waals surface area contributed by atoms with Gasteiger partial charge >= 0.3 is 0 Å². The summed E-state index contributed by atoms with van der Waals surface area (Å²) in [6.45, 7) is 2.16. The Morgan fingerprint density at radius 2 is 1.50 bits per heavy atom. The molecule has 0 bridgehead atoms. The third-order valence-corrected chi connectivity index (χ3v) is 4.86. The summed E-state index contributed by atoms with van der Waals surface area (Å²) in [6.07, 6.45) is 1.61. The molecule has 0 aliphatic rings. The molecule has 2 unspecified atom stereocenters. The van der Waals surface area contributed by atoms with Gasteiger partial charge in [0, 0.05) is 45.7 Å². The summed E-state index contributed by atoms with van der Waals surface area (Å²) in [5.41, 5.74) is 1.64. The molecule has 0 fully saturated rings. The number of carbonyl (C=O) groups is 2. The smallest absolute Gasteiger partial charge is 0.255 e. The van der Waals surface area contributed by atoms with Gasteiger partial charge in [0.2, 0.25) is 0 Å². The third kappa shape index (κ3) is 5.03. The second-order valence-corrected chi connectivity index (χ2v) is 7.22. The number of amides is 2. The van der Waals surface area contributed by atoms with E-state index in [0.29, 0.717) is 23.4 Å². The van der Waals surface area contributed by atoms with Crippen molar-refractivity contribution < 1.29 is 13.8 Å². The highest BCUT2D eigenvalue weighted by atomic mass is 32.2. The topological polar surface area (TPSA) is 75.3 Å². The van der Waals surface area contributed by atoms with Gasteiger partial charge < -0.3 is 10.6 Å². The second kappa shape index (κ2) is 8.40. The fourth-order valence-corrected chi connectivity index (χ4v) is 2.27. The summed E-state index contributed by atoms with van der Waals surface area (Å²) in [5.74, 6) is -0.481. The summed E-state index contributed by atoms with van der Waals surface area (Å²) in [6, 6.07) is 15.6. The van der Waals surface area contributed by atoms with E-state index in [9.17, 15) is 13.8 Å². The van der Waals surface area contributed by atoms with Gasteiger partial charge in [-0.1, -0.05) is 18.2 Å². The van der Waals surface area contributed by atoms with Gasteiger partial charge in [-0.2, -0.15) is 0 Å². The predicted molar refractivity (Wildman–Crippen MR) is 96.7 cm³/mol. The van der Waals surface area contributed by atoms with E-state index in [1.807, 2.05) is 25.1 Å². The first-order valence-corrected chi connectivity index (χ1v) is 9.16. The molecule has 0 spiro atoms. The molecule has 5 nitrogen and oxygen atoms in total. The quantitative estimate of drug-likeness (QED) is 0.845. The van der Waals surface area contributed by atoms with Crippen LogP contribution in [0.15, 0.2) is 54.6 Å². The Kier molecular flexibility index (Phi) is 6.26. The highest BCUT2D eigenvalue weighted by Crippen LogP contribution is 2.10. The lowest BCUT2D eigenvalue weighted by Gasteiger charge is -2.10. The summed E-state index contributed by atoms with van der Waals surface area (Å²) >= 11 is 0. The van der Waals surface area contributed by atoms with Gasteiger partial charge in [0.1, 0.15) is 0 Å². The van der Waals surface area contributed by atoms with Crippen molar-refractivity contribution in [1.82, 2.24) is 5.32 Å². The van der Waals surface area contributed by atoms with E-state index in [4.69, 9.17) is 0 Å². The third-order valence-electron chi connectivity index (χ3n) is 3.56. The largest absolute Gasteiger partial charge is 0.351 e. The van der Waals surface area contributed by atoms with Crippen LogP contribution in [0.4, 0.5) is 5.69 Å². The monoisotopic (exact) mass is 344 g/mol. The van der Waals surface area contributed by atoms with Crippen LogP contribution >= 0.6 is 0 Å². The van der Waals surface area contributed by atoms with E-state index in [0.717, 1.165) is 0 Å². The van der Waals surface area contributed by atoms with Gasteiger partial charge in [0.05, 0.1) is 0 Å². The molecule has 0 radical (unpaired) electrons. The van der Waals surface area contributed by atoms with Gasteiger partial charge in [-0.05, 0) is 43.3 Å². The Labute approximate surface area is 143 Å². The van der Waals surface area contributed by atoms with Crippen molar-refractivity contribution >= 4 is 28.3 Å². The Morgan fingerprint density at radius 1 is 0.958 bits per heavy atom. The predicted octanol–water partition coefficient (Wildman–Crippen LogP) is 2.44. The number of hydrogen-bond acceptors (Lipinski definition) is 3. The number of hydrogen-bond donors (Lipinski definition) is 2. The number of para-hydroxylation sites is 1. The maximum atomic E-state index is 12.1. The van der Waals surface area contributed by atoms with Gasteiger partial charge in [0.15, 0.2) is 0 Å². The van der Waals surface area contributed by atoms with Crippen molar-refractivity contribution in [2.45, 2.75) is 12.2 Å². The fourth-order valence-electron chi connectivity index (χ4n) is 1.95. The zero-order valence-corrected chi connectivity index (χ0v) is 14.4. The van der Waals surface area contributed by atoms with Crippen LogP contribution in [-0.2, 0) is 10.8 Å². The molecule has 2 aromatic carbocycles. The number of benzene rings is 2. The van der Waals surface area contributed by atoms with Crippen LogP contribution in [0.25, 0.3) is 0 Å². The van der Waals surface area contributed by atoms with Crippen LogP contribution in [0.1, 0.15) is 27.6 Å². The summed E-state index contributed by atoms with van der Waals surface area (Å²) in [7, 11) is -0.980. The van der Waals surface area contributed by atoms with Crippen molar-refractivity contribution in [3.63, 3.8) is 0 Å². The van der Waals surface area contributed by atoms with Crippen LogP contribution in [0, 0.1) is 0 Å².